The molecule has 0 saturated carbocycles. The maximum atomic E-state index is 14.2. The van der Waals surface area contributed by atoms with Crippen LogP contribution >= 0.6 is 0 Å². The van der Waals surface area contributed by atoms with Gasteiger partial charge >= 0.3 is 5.97 Å². The molecule has 5 nitrogen and oxygen atoms in total. The van der Waals surface area contributed by atoms with E-state index < -0.39 is 33.5 Å². The van der Waals surface area contributed by atoms with Crippen LogP contribution in [-0.2, 0) is 20.3 Å². The molecule has 0 radical (unpaired) electrons. The maximum Gasteiger partial charge on any atom is 0.330 e. The summed E-state index contributed by atoms with van der Waals surface area (Å²) in [5, 5.41) is 10.0. The van der Waals surface area contributed by atoms with Gasteiger partial charge in [-0.2, -0.15) is 5.26 Å². The first kappa shape index (κ1) is 23.3. The van der Waals surface area contributed by atoms with Crippen LogP contribution in [0, 0.1) is 23.7 Å². The first-order valence-corrected chi connectivity index (χ1v) is 12.8. The van der Waals surface area contributed by atoms with E-state index >= 15 is 0 Å². The molecule has 0 unspecified atom stereocenters. The largest absolute Gasteiger partial charge is 0.464 e. The van der Waals surface area contributed by atoms with Crippen molar-refractivity contribution in [3.8, 4) is 6.07 Å². The number of benzene rings is 2. The molecule has 0 amide bonds. The Kier molecular flexibility index (Phi) is 6.71. The topological polar surface area (TPSA) is 70.4 Å². The second-order valence-corrected chi connectivity index (χ2v) is 10.4. The first-order valence-electron chi connectivity index (χ1n) is 11.6. The molecular formula is C27H30N2O3S. The third kappa shape index (κ3) is 3.89. The van der Waals surface area contributed by atoms with Crippen LogP contribution in [0.25, 0.3) is 6.08 Å². The van der Waals surface area contributed by atoms with Crippen molar-refractivity contribution in [1.82, 2.24) is 4.90 Å². The third-order valence-electron chi connectivity index (χ3n) is 6.78. The number of nitriles is 1. The van der Waals surface area contributed by atoms with Crippen molar-refractivity contribution < 1.29 is 13.7 Å². The predicted octanol–water partition coefficient (Wildman–Crippen LogP) is 5.14. The van der Waals surface area contributed by atoms with Gasteiger partial charge in [0.05, 0.1) is 40.2 Å². The lowest BCUT2D eigenvalue weighted by atomic mass is 9.72. The van der Waals surface area contributed by atoms with Crippen molar-refractivity contribution in [3.63, 3.8) is 0 Å². The zero-order chi connectivity index (χ0) is 23.6. The fourth-order valence-electron chi connectivity index (χ4n) is 5.24. The van der Waals surface area contributed by atoms with Gasteiger partial charge in [0.25, 0.3) is 0 Å². The monoisotopic (exact) mass is 462 g/mol. The molecule has 0 bridgehead atoms. The summed E-state index contributed by atoms with van der Waals surface area (Å²) in [7, 11) is -1.59. The number of carbonyl (C=O) groups is 1. The van der Waals surface area contributed by atoms with Crippen molar-refractivity contribution in [2.24, 2.45) is 5.41 Å². The van der Waals surface area contributed by atoms with Gasteiger partial charge in [0, 0.05) is 11.1 Å². The molecule has 0 N–H and O–H groups in total. The van der Waals surface area contributed by atoms with Gasteiger partial charge in [0.15, 0.2) is 0 Å². The van der Waals surface area contributed by atoms with Crippen molar-refractivity contribution in [2.75, 3.05) is 6.61 Å². The van der Waals surface area contributed by atoms with E-state index in [-0.39, 0.29) is 12.6 Å². The van der Waals surface area contributed by atoms with E-state index in [4.69, 9.17) is 4.74 Å². The summed E-state index contributed by atoms with van der Waals surface area (Å²) in [5.74, 6) is -0.425. The standard InChI is InChI=1S/C27H30N2O3S/c1-4-6-16-27(18-28)24-22-10-8-7-9-20(22)15-17-29(24)23(26(30)32-5-2)25(27)33(31)21-13-11-19(3)12-14-21/h7-15,17,23-25H,4-6,16H2,1-3H3/t23-,24+,25+,27-,33+/m1/s1. The lowest BCUT2D eigenvalue weighted by Gasteiger charge is -2.37. The molecule has 6 heteroatoms. The van der Waals surface area contributed by atoms with Crippen LogP contribution in [0.4, 0.5) is 0 Å². The SMILES string of the molecule is CCCC[C@@]1(C#N)[C@@H]2c3ccccc3C=CN2[C@@H](C(=O)OCC)[C@@H]1[S@@](=O)c1ccc(C)cc1. The van der Waals surface area contributed by atoms with Crippen LogP contribution in [0.3, 0.4) is 0 Å². The highest BCUT2D eigenvalue weighted by Crippen LogP contribution is 2.57. The van der Waals surface area contributed by atoms with Crippen LogP contribution in [0.1, 0.15) is 55.8 Å². The van der Waals surface area contributed by atoms with Crippen molar-refractivity contribution in [3.05, 3.63) is 71.4 Å². The molecule has 0 aliphatic carbocycles. The number of carbonyl (C=O) groups excluding carboxylic acids is 1. The van der Waals surface area contributed by atoms with E-state index in [2.05, 4.69) is 13.0 Å². The van der Waals surface area contributed by atoms with Crippen LogP contribution < -0.4 is 0 Å². The molecule has 4 rings (SSSR count). The van der Waals surface area contributed by atoms with E-state index in [1.165, 1.54) is 0 Å². The molecule has 1 fully saturated rings. The highest BCUT2D eigenvalue weighted by Gasteiger charge is 2.65. The molecule has 0 spiro atoms. The Morgan fingerprint density at radius 3 is 2.58 bits per heavy atom. The minimum atomic E-state index is -1.59. The molecule has 2 aliphatic heterocycles. The van der Waals surface area contributed by atoms with Crippen molar-refractivity contribution >= 4 is 22.8 Å². The van der Waals surface area contributed by atoms with Gasteiger partial charge < -0.3 is 9.64 Å². The second kappa shape index (κ2) is 9.52. The Balaban J connectivity index is 1.94. The molecule has 2 aromatic rings. The fraction of sp³-hybridized carbons (Fsp3) is 0.407. The lowest BCUT2D eigenvalue weighted by molar-refractivity contribution is -0.147. The highest BCUT2D eigenvalue weighted by molar-refractivity contribution is 7.85. The van der Waals surface area contributed by atoms with Gasteiger partial charge in [-0.25, -0.2) is 4.79 Å². The van der Waals surface area contributed by atoms with Gasteiger partial charge in [-0.15, -0.1) is 0 Å². The number of aryl methyl sites for hydroxylation is 1. The van der Waals surface area contributed by atoms with Crippen LogP contribution in [-0.4, -0.2) is 33.0 Å². The smallest absolute Gasteiger partial charge is 0.330 e. The quantitative estimate of drug-likeness (QED) is 0.533. The van der Waals surface area contributed by atoms with Crippen molar-refractivity contribution in [1.29, 1.82) is 5.26 Å². The van der Waals surface area contributed by atoms with Gasteiger partial charge in [0.1, 0.15) is 6.04 Å². The van der Waals surface area contributed by atoms with E-state index in [9.17, 15) is 14.3 Å². The normalized spacial score (nSPS) is 26.2. The molecule has 1 saturated heterocycles. The summed E-state index contributed by atoms with van der Waals surface area (Å²) in [6, 6.07) is 16.9. The summed E-state index contributed by atoms with van der Waals surface area (Å²) in [6.07, 6.45) is 6.13. The summed E-state index contributed by atoms with van der Waals surface area (Å²) < 4.78 is 19.7. The molecule has 33 heavy (non-hydrogen) atoms. The summed E-state index contributed by atoms with van der Waals surface area (Å²) >= 11 is 0. The fourth-order valence-corrected chi connectivity index (χ4v) is 7.11. The molecule has 0 aromatic heterocycles. The molecule has 2 aromatic carbocycles. The number of ether oxygens (including phenoxy) is 1. The Labute approximate surface area is 198 Å². The summed E-state index contributed by atoms with van der Waals surface area (Å²) in [5.41, 5.74) is 2.08. The zero-order valence-electron chi connectivity index (χ0n) is 19.4. The van der Waals surface area contributed by atoms with Gasteiger partial charge in [-0.3, -0.25) is 4.21 Å². The Hall–Kier alpha value is -2.91. The van der Waals surface area contributed by atoms with Crippen LogP contribution in [0.2, 0.25) is 0 Å². The number of esters is 1. The number of rotatable bonds is 7. The van der Waals surface area contributed by atoms with Gasteiger partial charge in [-0.05, 0) is 49.6 Å². The number of hydrogen-bond donors (Lipinski definition) is 0. The average molecular weight is 463 g/mol. The summed E-state index contributed by atoms with van der Waals surface area (Å²) in [6.45, 7) is 6.06. The Bertz CT molecular complexity index is 1120. The maximum absolute atomic E-state index is 14.2. The van der Waals surface area contributed by atoms with E-state index in [1.54, 1.807) is 6.92 Å². The minimum Gasteiger partial charge on any atom is -0.464 e. The Morgan fingerprint density at radius 1 is 1.18 bits per heavy atom. The Morgan fingerprint density at radius 2 is 1.91 bits per heavy atom. The lowest BCUT2D eigenvalue weighted by Crippen LogP contribution is -2.46. The number of nitrogens with zero attached hydrogens (tertiary/aromatic N) is 2. The summed E-state index contributed by atoms with van der Waals surface area (Å²) in [4.78, 5) is 15.9. The molecule has 172 valence electrons. The van der Waals surface area contributed by atoms with Crippen LogP contribution in [0.5, 0.6) is 0 Å². The number of fused-ring (bicyclic) bond motifs is 3. The zero-order valence-corrected chi connectivity index (χ0v) is 20.2. The second-order valence-electron chi connectivity index (χ2n) is 8.78. The van der Waals surface area contributed by atoms with Crippen molar-refractivity contribution in [2.45, 2.75) is 62.3 Å². The van der Waals surface area contributed by atoms with Gasteiger partial charge in [-0.1, -0.05) is 61.7 Å². The number of unbranched alkanes of at least 4 members (excludes halogenated alkanes) is 1. The third-order valence-corrected chi connectivity index (χ3v) is 8.66. The van der Waals surface area contributed by atoms with Gasteiger partial charge in [0.2, 0.25) is 0 Å². The molecule has 2 heterocycles. The predicted molar refractivity (Wildman–Crippen MR) is 129 cm³/mol. The molecule has 5 atom stereocenters. The van der Waals surface area contributed by atoms with E-state index in [0.29, 0.717) is 11.3 Å². The molecule has 2 aliphatic rings. The molecular weight excluding hydrogens is 432 g/mol. The van der Waals surface area contributed by atoms with Crippen LogP contribution in [0.15, 0.2) is 59.6 Å². The highest BCUT2D eigenvalue weighted by atomic mass is 32.2. The number of hydrogen-bond acceptors (Lipinski definition) is 5. The minimum absolute atomic E-state index is 0.229. The van der Waals surface area contributed by atoms with E-state index in [1.807, 2.05) is 72.6 Å². The first-order chi connectivity index (χ1) is 16.0. The van der Waals surface area contributed by atoms with E-state index in [0.717, 1.165) is 29.5 Å². The average Bonchev–Trinajstić information content (AvgIpc) is 3.14.